The lowest BCUT2D eigenvalue weighted by Crippen LogP contribution is -2.39. The molecule has 0 saturated heterocycles. The minimum Gasteiger partial charge on any atom is -0.468 e. The van der Waals surface area contributed by atoms with Crippen molar-refractivity contribution in [3.8, 4) is 0 Å². The summed E-state index contributed by atoms with van der Waals surface area (Å²) in [6.45, 7) is 5.53. The molecule has 1 N–H and O–H groups in total. The molecule has 0 radical (unpaired) electrons. The number of methoxy groups -OCH3 is 2. The standard InChI is InChI=1S/C11H24N2O3/c1-5-13(8-9-15-3)7-6-10(12-2)11(14)16-4/h10,12H,5-9H2,1-4H3. The predicted octanol–water partition coefficient (Wildman–Crippen LogP) is 0.106. The molecule has 0 aromatic rings. The normalized spacial score (nSPS) is 12.8. The summed E-state index contributed by atoms with van der Waals surface area (Å²) in [4.78, 5) is 13.6. The van der Waals surface area contributed by atoms with Gasteiger partial charge in [-0.3, -0.25) is 4.79 Å². The Morgan fingerprint density at radius 3 is 2.50 bits per heavy atom. The number of nitrogens with one attached hydrogen (secondary N) is 1. The van der Waals surface area contributed by atoms with Crippen LogP contribution in [0.5, 0.6) is 0 Å². The number of nitrogens with zero attached hydrogens (tertiary/aromatic N) is 1. The molecule has 0 aliphatic carbocycles. The van der Waals surface area contributed by atoms with Crippen molar-refractivity contribution in [3.05, 3.63) is 0 Å². The third-order valence-corrected chi connectivity index (χ3v) is 2.63. The third kappa shape index (κ3) is 6.05. The number of ether oxygens (including phenoxy) is 2. The number of hydrogen-bond donors (Lipinski definition) is 1. The van der Waals surface area contributed by atoms with Crippen molar-refractivity contribution in [3.63, 3.8) is 0 Å². The van der Waals surface area contributed by atoms with Crippen molar-refractivity contribution in [1.29, 1.82) is 0 Å². The first-order valence-electron chi connectivity index (χ1n) is 5.65. The molecular weight excluding hydrogens is 208 g/mol. The molecule has 0 aliphatic heterocycles. The zero-order valence-corrected chi connectivity index (χ0v) is 10.8. The molecule has 0 aromatic carbocycles. The van der Waals surface area contributed by atoms with Gasteiger partial charge < -0.3 is 19.7 Å². The molecule has 0 aliphatic rings. The topological polar surface area (TPSA) is 50.8 Å². The lowest BCUT2D eigenvalue weighted by Gasteiger charge is -2.22. The zero-order valence-electron chi connectivity index (χ0n) is 10.8. The van der Waals surface area contributed by atoms with E-state index in [0.717, 1.165) is 32.7 Å². The summed E-state index contributed by atoms with van der Waals surface area (Å²) in [5.74, 6) is -0.203. The van der Waals surface area contributed by atoms with Crippen LogP contribution in [0, 0.1) is 0 Å². The molecule has 0 rings (SSSR count). The summed E-state index contributed by atoms with van der Waals surface area (Å²) in [6, 6.07) is -0.221. The average molecular weight is 232 g/mol. The van der Waals surface area contributed by atoms with E-state index >= 15 is 0 Å². The van der Waals surface area contributed by atoms with Crippen LogP contribution in [0.15, 0.2) is 0 Å². The molecule has 0 saturated carbocycles. The van der Waals surface area contributed by atoms with Crippen LogP contribution in [0.3, 0.4) is 0 Å². The van der Waals surface area contributed by atoms with E-state index in [0.29, 0.717) is 0 Å². The highest BCUT2D eigenvalue weighted by Crippen LogP contribution is 1.98. The Hall–Kier alpha value is -0.650. The van der Waals surface area contributed by atoms with Crippen molar-refractivity contribution in [2.24, 2.45) is 0 Å². The van der Waals surface area contributed by atoms with Crippen LogP contribution in [0.2, 0.25) is 0 Å². The predicted molar refractivity (Wildman–Crippen MR) is 63.5 cm³/mol. The van der Waals surface area contributed by atoms with Crippen LogP contribution >= 0.6 is 0 Å². The summed E-state index contributed by atoms with van der Waals surface area (Å²) in [7, 11) is 4.88. The quantitative estimate of drug-likeness (QED) is 0.572. The molecule has 1 unspecified atom stereocenters. The smallest absolute Gasteiger partial charge is 0.322 e. The number of carbonyl (C=O) groups is 1. The monoisotopic (exact) mass is 232 g/mol. The van der Waals surface area contributed by atoms with Gasteiger partial charge in [-0.05, 0) is 20.0 Å². The van der Waals surface area contributed by atoms with E-state index in [1.54, 1.807) is 14.2 Å². The van der Waals surface area contributed by atoms with Gasteiger partial charge in [0.05, 0.1) is 13.7 Å². The van der Waals surface area contributed by atoms with Gasteiger partial charge in [0.15, 0.2) is 0 Å². The molecule has 0 bridgehead atoms. The van der Waals surface area contributed by atoms with E-state index in [9.17, 15) is 4.79 Å². The first-order chi connectivity index (χ1) is 7.69. The fraction of sp³-hybridized carbons (Fsp3) is 0.909. The highest BCUT2D eigenvalue weighted by atomic mass is 16.5. The minimum atomic E-state index is -0.221. The van der Waals surface area contributed by atoms with Gasteiger partial charge in [-0.15, -0.1) is 0 Å². The maximum absolute atomic E-state index is 11.3. The maximum atomic E-state index is 11.3. The molecular formula is C11H24N2O3. The lowest BCUT2D eigenvalue weighted by atomic mass is 10.2. The Balaban J connectivity index is 3.92. The van der Waals surface area contributed by atoms with Gasteiger partial charge in [0.1, 0.15) is 6.04 Å². The van der Waals surface area contributed by atoms with E-state index in [2.05, 4.69) is 17.1 Å². The van der Waals surface area contributed by atoms with Crippen LogP contribution in [0.25, 0.3) is 0 Å². The Morgan fingerprint density at radius 1 is 1.38 bits per heavy atom. The number of carbonyl (C=O) groups excluding carboxylic acids is 1. The van der Waals surface area contributed by atoms with E-state index in [1.165, 1.54) is 7.11 Å². The van der Waals surface area contributed by atoms with Gasteiger partial charge in [-0.25, -0.2) is 0 Å². The molecule has 0 fully saturated rings. The Bertz CT molecular complexity index is 188. The van der Waals surface area contributed by atoms with Crippen LogP contribution in [0.1, 0.15) is 13.3 Å². The summed E-state index contributed by atoms with van der Waals surface area (Å²) in [5.41, 5.74) is 0. The van der Waals surface area contributed by atoms with Crippen molar-refractivity contribution >= 4 is 5.97 Å². The van der Waals surface area contributed by atoms with Crippen molar-refractivity contribution in [1.82, 2.24) is 10.2 Å². The minimum absolute atomic E-state index is 0.203. The Morgan fingerprint density at radius 2 is 2.06 bits per heavy atom. The number of rotatable bonds is 9. The molecule has 16 heavy (non-hydrogen) atoms. The molecule has 0 aromatic heterocycles. The first kappa shape index (κ1) is 15.3. The summed E-state index contributed by atoms with van der Waals surface area (Å²) < 4.78 is 9.73. The van der Waals surface area contributed by atoms with E-state index in [1.807, 2.05) is 0 Å². The van der Waals surface area contributed by atoms with Gasteiger partial charge in [0, 0.05) is 20.2 Å². The first-order valence-corrected chi connectivity index (χ1v) is 5.65. The fourth-order valence-corrected chi connectivity index (χ4v) is 1.48. The average Bonchev–Trinajstić information content (AvgIpc) is 2.33. The highest BCUT2D eigenvalue weighted by molar-refractivity contribution is 5.75. The fourth-order valence-electron chi connectivity index (χ4n) is 1.48. The number of likely N-dealkylation sites (N-methyl/N-ethyl adjacent to an activating group) is 2. The zero-order chi connectivity index (χ0) is 12.4. The largest absolute Gasteiger partial charge is 0.468 e. The second-order valence-electron chi connectivity index (χ2n) is 3.58. The van der Waals surface area contributed by atoms with Gasteiger partial charge in [0.2, 0.25) is 0 Å². The molecule has 5 heteroatoms. The molecule has 96 valence electrons. The highest BCUT2D eigenvalue weighted by Gasteiger charge is 2.17. The van der Waals surface area contributed by atoms with Gasteiger partial charge >= 0.3 is 5.97 Å². The van der Waals surface area contributed by atoms with Crippen molar-refractivity contribution < 1.29 is 14.3 Å². The maximum Gasteiger partial charge on any atom is 0.322 e. The lowest BCUT2D eigenvalue weighted by molar-refractivity contribution is -0.143. The molecule has 5 nitrogen and oxygen atoms in total. The van der Waals surface area contributed by atoms with Gasteiger partial charge in [-0.1, -0.05) is 6.92 Å². The third-order valence-electron chi connectivity index (χ3n) is 2.63. The number of esters is 1. The second-order valence-corrected chi connectivity index (χ2v) is 3.58. The Kier molecular flexibility index (Phi) is 9.18. The molecule has 0 amide bonds. The van der Waals surface area contributed by atoms with Crippen LogP contribution in [0.4, 0.5) is 0 Å². The number of hydrogen-bond acceptors (Lipinski definition) is 5. The summed E-state index contributed by atoms with van der Waals surface area (Å²) in [6.07, 6.45) is 0.751. The van der Waals surface area contributed by atoms with E-state index in [4.69, 9.17) is 9.47 Å². The summed E-state index contributed by atoms with van der Waals surface area (Å²) >= 11 is 0. The summed E-state index contributed by atoms with van der Waals surface area (Å²) in [5, 5.41) is 2.96. The Labute approximate surface area is 98.1 Å². The second kappa shape index (κ2) is 9.57. The van der Waals surface area contributed by atoms with Gasteiger partial charge in [-0.2, -0.15) is 0 Å². The van der Waals surface area contributed by atoms with Crippen molar-refractivity contribution in [2.45, 2.75) is 19.4 Å². The van der Waals surface area contributed by atoms with Crippen LogP contribution in [-0.4, -0.2) is 64.4 Å². The molecule has 1 atom stereocenters. The van der Waals surface area contributed by atoms with Crippen molar-refractivity contribution in [2.75, 3.05) is 47.5 Å². The van der Waals surface area contributed by atoms with Crippen LogP contribution in [-0.2, 0) is 14.3 Å². The molecule has 0 heterocycles. The molecule has 0 spiro atoms. The van der Waals surface area contributed by atoms with E-state index < -0.39 is 0 Å². The van der Waals surface area contributed by atoms with E-state index in [-0.39, 0.29) is 12.0 Å². The van der Waals surface area contributed by atoms with Crippen LogP contribution < -0.4 is 5.32 Å². The van der Waals surface area contributed by atoms with Gasteiger partial charge in [0.25, 0.3) is 0 Å². The SMILES string of the molecule is CCN(CCOC)CCC(NC)C(=O)OC.